The maximum atomic E-state index is 3.29. The van der Waals surface area contributed by atoms with E-state index in [1.807, 2.05) is 0 Å². The van der Waals surface area contributed by atoms with Gasteiger partial charge in [-0.3, -0.25) is 0 Å². The van der Waals surface area contributed by atoms with Crippen molar-refractivity contribution in [3.05, 3.63) is 0 Å². The zero-order valence-electron chi connectivity index (χ0n) is 9.53. The lowest BCUT2D eigenvalue weighted by Gasteiger charge is -2.48. The van der Waals surface area contributed by atoms with E-state index in [-0.39, 0.29) is 0 Å². The van der Waals surface area contributed by atoms with Crippen LogP contribution in [-0.2, 0) is 0 Å². The summed E-state index contributed by atoms with van der Waals surface area (Å²) in [6.07, 6.45) is 8.62. The van der Waals surface area contributed by atoms with Gasteiger partial charge in [-0.25, -0.2) is 0 Å². The molecule has 0 aromatic rings. The van der Waals surface area contributed by atoms with Crippen LogP contribution in [0.25, 0.3) is 0 Å². The van der Waals surface area contributed by atoms with Gasteiger partial charge in [-0.05, 0) is 50.6 Å². The molecule has 0 aromatic carbocycles. The van der Waals surface area contributed by atoms with E-state index in [1.54, 1.807) is 0 Å². The predicted octanol–water partition coefficient (Wildman–Crippen LogP) is 3.20. The molecule has 1 saturated carbocycles. The number of hydrogen-bond donors (Lipinski definition) is 1. The normalized spacial score (nSPS) is 21.5. The second-order valence-corrected chi connectivity index (χ2v) is 4.83. The zero-order chi connectivity index (χ0) is 9.73. The standard InChI is InChI=1S/C12H25N/c1-4-6-12(7-5-2)8-11(9-12)10-13-3/h11,13H,4-10H2,1-3H3. The molecule has 1 rings (SSSR count). The molecule has 1 nitrogen and oxygen atoms in total. The van der Waals surface area contributed by atoms with E-state index < -0.39 is 0 Å². The topological polar surface area (TPSA) is 12.0 Å². The minimum absolute atomic E-state index is 0.755. The first-order chi connectivity index (χ1) is 6.26. The second-order valence-electron chi connectivity index (χ2n) is 4.83. The first kappa shape index (κ1) is 11.0. The molecule has 0 bridgehead atoms. The van der Waals surface area contributed by atoms with Gasteiger partial charge in [-0.1, -0.05) is 26.7 Å². The van der Waals surface area contributed by atoms with E-state index in [2.05, 4.69) is 26.2 Å². The molecule has 0 saturated heterocycles. The summed E-state index contributed by atoms with van der Waals surface area (Å²) >= 11 is 0. The zero-order valence-corrected chi connectivity index (χ0v) is 9.53. The largest absolute Gasteiger partial charge is 0.319 e. The van der Waals surface area contributed by atoms with Crippen LogP contribution in [0.4, 0.5) is 0 Å². The molecule has 0 atom stereocenters. The first-order valence-electron chi connectivity index (χ1n) is 5.91. The lowest BCUT2D eigenvalue weighted by molar-refractivity contribution is 0.0349. The Morgan fingerprint density at radius 1 is 1.15 bits per heavy atom. The van der Waals surface area contributed by atoms with Crippen LogP contribution in [0.2, 0.25) is 0 Å². The molecule has 0 radical (unpaired) electrons. The summed E-state index contributed by atoms with van der Waals surface area (Å²) < 4.78 is 0. The molecule has 0 aliphatic heterocycles. The van der Waals surface area contributed by atoms with Crippen molar-refractivity contribution in [2.45, 2.75) is 52.4 Å². The van der Waals surface area contributed by atoms with Crippen molar-refractivity contribution in [2.75, 3.05) is 13.6 Å². The van der Waals surface area contributed by atoms with Gasteiger partial charge in [0.15, 0.2) is 0 Å². The Labute approximate surface area is 83.3 Å². The molecule has 0 spiro atoms. The monoisotopic (exact) mass is 183 g/mol. The summed E-state index contributed by atoms with van der Waals surface area (Å²) in [6.45, 7) is 5.88. The van der Waals surface area contributed by atoms with Crippen LogP contribution in [-0.4, -0.2) is 13.6 Å². The molecule has 0 heterocycles. The van der Waals surface area contributed by atoms with Gasteiger partial charge >= 0.3 is 0 Å². The van der Waals surface area contributed by atoms with Gasteiger partial charge in [-0.2, -0.15) is 0 Å². The Bertz CT molecular complexity index is 128. The SMILES string of the molecule is CCCC1(CCC)CC(CNC)C1. The molecule has 0 aromatic heterocycles. The Balaban J connectivity index is 2.29. The average Bonchev–Trinajstić information content (AvgIpc) is 2.03. The third-order valence-electron chi connectivity index (χ3n) is 3.50. The van der Waals surface area contributed by atoms with Crippen LogP contribution in [0.3, 0.4) is 0 Å². The van der Waals surface area contributed by atoms with Gasteiger partial charge in [-0.15, -0.1) is 0 Å². The summed E-state index contributed by atoms with van der Waals surface area (Å²) in [6, 6.07) is 0. The summed E-state index contributed by atoms with van der Waals surface area (Å²) in [4.78, 5) is 0. The smallest absolute Gasteiger partial charge is 0.00231 e. The molecule has 1 heteroatoms. The molecule has 1 aliphatic carbocycles. The van der Waals surface area contributed by atoms with Crippen LogP contribution in [0.1, 0.15) is 52.4 Å². The Hall–Kier alpha value is -0.0400. The van der Waals surface area contributed by atoms with Crippen LogP contribution >= 0.6 is 0 Å². The minimum atomic E-state index is 0.755. The van der Waals surface area contributed by atoms with Crippen molar-refractivity contribution in [2.24, 2.45) is 11.3 Å². The van der Waals surface area contributed by atoms with E-state index in [9.17, 15) is 0 Å². The molecule has 0 amide bonds. The maximum absolute atomic E-state index is 3.29. The van der Waals surface area contributed by atoms with Crippen LogP contribution in [0.15, 0.2) is 0 Å². The predicted molar refractivity (Wildman–Crippen MR) is 58.9 cm³/mol. The third kappa shape index (κ3) is 2.70. The molecule has 13 heavy (non-hydrogen) atoms. The summed E-state index contributed by atoms with van der Waals surface area (Å²) in [5, 5.41) is 3.29. The van der Waals surface area contributed by atoms with Gasteiger partial charge in [0.2, 0.25) is 0 Å². The molecule has 1 aliphatic rings. The molecular weight excluding hydrogens is 158 g/mol. The van der Waals surface area contributed by atoms with E-state index >= 15 is 0 Å². The number of rotatable bonds is 6. The Kier molecular flexibility index (Phi) is 4.24. The molecule has 78 valence electrons. The summed E-state index contributed by atoms with van der Waals surface area (Å²) in [7, 11) is 2.07. The summed E-state index contributed by atoms with van der Waals surface area (Å²) in [5.41, 5.74) is 0.755. The Morgan fingerprint density at radius 2 is 1.69 bits per heavy atom. The van der Waals surface area contributed by atoms with Crippen molar-refractivity contribution in [1.29, 1.82) is 0 Å². The number of hydrogen-bond acceptors (Lipinski definition) is 1. The lowest BCUT2D eigenvalue weighted by atomic mass is 9.58. The van der Waals surface area contributed by atoms with Crippen LogP contribution in [0, 0.1) is 11.3 Å². The highest BCUT2D eigenvalue weighted by molar-refractivity contribution is 4.93. The van der Waals surface area contributed by atoms with Crippen molar-refractivity contribution in [3.63, 3.8) is 0 Å². The van der Waals surface area contributed by atoms with Crippen molar-refractivity contribution >= 4 is 0 Å². The van der Waals surface area contributed by atoms with Gasteiger partial charge < -0.3 is 5.32 Å². The van der Waals surface area contributed by atoms with Crippen molar-refractivity contribution < 1.29 is 0 Å². The quantitative estimate of drug-likeness (QED) is 0.667. The molecule has 0 unspecified atom stereocenters. The van der Waals surface area contributed by atoms with Gasteiger partial charge in [0.25, 0.3) is 0 Å². The van der Waals surface area contributed by atoms with E-state index in [1.165, 1.54) is 45.1 Å². The van der Waals surface area contributed by atoms with E-state index in [0.717, 1.165) is 11.3 Å². The fraction of sp³-hybridized carbons (Fsp3) is 1.00. The first-order valence-corrected chi connectivity index (χ1v) is 5.91. The second kappa shape index (κ2) is 4.99. The summed E-state index contributed by atoms with van der Waals surface area (Å²) in [5.74, 6) is 0.975. The lowest BCUT2D eigenvalue weighted by Crippen LogP contribution is -2.41. The average molecular weight is 183 g/mol. The van der Waals surface area contributed by atoms with Crippen LogP contribution < -0.4 is 5.32 Å². The fourth-order valence-corrected chi connectivity index (χ4v) is 3.19. The highest BCUT2D eigenvalue weighted by Crippen LogP contribution is 2.51. The van der Waals surface area contributed by atoms with Gasteiger partial charge in [0, 0.05) is 0 Å². The molecular formula is C12H25N. The van der Waals surface area contributed by atoms with Crippen molar-refractivity contribution in [3.8, 4) is 0 Å². The third-order valence-corrected chi connectivity index (χ3v) is 3.50. The van der Waals surface area contributed by atoms with Crippen molar-refractivity contribution in [1.82, 2.24) is 5.32 Å². The number of nitrogens with one attached hydrogen (secondary N) is 1. The van der Waals surface area contributed by atoms with Gasteiger partial charge in [0.05, 0.1) is 0 Å². The maximum Gasteiger partial charge on any atom is -0.00231 e. The Morgan fingerprint density at radius 3 is 2.08 bits per heavy atom. The highest BCUT2D eigenvalue weighted by atomic mass is 14.8. The minimum Gasteiger partial charge on any atom is -0.319 e. The fourth-order valence-electron chi connectivity index (χ4n) is 3.19. The highest BCUT2D eigenvalue weighted by Gasteiger charge is 2.41. The van der Waals surface area contributed by atoms with E-state index in [4.69, 9.17) is 0 Å². The van der Waals surface area contributed by atoms with E-state index in [0.29, 0.717) is 0 Å². The molecule has 1 fully saturated rings. The van der Waals surface area contributed by atoms with Gasteiger partial charge in [0.1, 0.15) is 0 Å². The molecule has 1 N–H and O–H groups in total. The van der Waals surface area contributed by atoms with Crippen LogP contribution in [0.5, 0.6) is 0 Å².